The first-order valence-corrected chi connectivity index (χ1v) is 7.81. The average molecular weight is 404 g/mol. The molecule has 0 aromatic heterocycles. The van der Waals surface area contributed by atoms with Crippen LogP contribution in [0.3, 0.4) is 0 Å². The van der Waals surface area contributed by atoms with Gasteiger partial charge in [0.1, 0.15) is 0 Å². The molecule has 0 saturated heterocycles. The fourth-order valence-electron chi connectivity index (χ4n) is 1.59. The Kier molecular flexibility index (Phi) is 5.02. The van der Waals surface area contributed by atoms with Crippen molar-refractivity contribution in [3.63, 3.8) is 0 Å². The van der Waals surface area contributed by atoms with E-state index in [-0.39, 0.29) is 5.91 Å². The summed E-state index contributed by atoms with van der Waals surface area (Å²) in [5, 5.41) is 4.16. The van der Waals surface area contributed by atoms with Crippen molar-refractivity contribution in [1.82, 2.24) is 0 Å². The predicted molar refractivity (Wildman–Crippen MR) is 86.2 cm³/mol. The molecule has 0 aliphatic heterocycles. The molecule has 2 rings (SSSR count). The van der Waals surface area contributed by atoms with E-state index < -0.39 is 0 Å². The van der Waals surface area contributed by atoms with E-state index in [1.807, 2.05) is 24.3 Å². The van der Waals surface area contributed by atoms with Gasteiger partial charge in [0, 0.05) is 21.1 Å². The molecule has 2 aromatic rings. The Labute approximate surface area is 133 Å². The molecule has 0 radical (unpaired) electrons. The molecule has 0 unspecified atom stereocenters. The minimum absolute atomic E-state index is 0.161. The first-order valence-electron chi connectivity index (χ1n) is 5.52. The van der Waals surface area contributed by atoms with Crippen molar-refractivity contribution in [1.29, 1.82) is 0 Å². The van der Waals surface area contributed by atoms with Gasteiger partial charge in [0.15, 0.2) is 0 Å². The van der Waals surface area contributed by atoms with Gasteiger partial charge in [-0.3, -0.25) is 4.79 Å². The Bertz CT molecular complexity index is 616. The van der Waals surface area contributed by atoms with Crippen LogP contribution in [0.5, 0.6) is 0 Å². The monoisotopic (exact) mass is 401 g/mol. The SMILES string of the molecule is O=C(Nc1ccccc1CBr)c1ccc(Cl)c(Br)c1. The summed E-state index contributed by atoms with van der Waals surface area (Å²) in [5.41, 5.74) is 2.39. The molecule has 19 heavy (non-hydrogen) atoms. The molecule has 0 saturated carbocycles. The smallest absolute Gasteiger partial charge is 0.255 e. The van der Waals surface area contributed by atoms with Crippen molar-refractivity contribution in [3.05, 3.63) is 63.1 Å². The number of hydrogen-bond donors (Lipinski definition) is 1. The fourth-order valence-corrected chi connectivity index (χ4v) is 2.58. The van der Waals surface area contributed by atoms with Crippen LogP contribution in [0.1, 0.15) is 15.9 Å². The highest BCUT2D eigenvalue weighted by atomic mass is 79.9. The maximum atomic E-state index is 12.2. The van der Waals surface area contributed by atoms with Gasteiger partial charge in [0.2, 0.25) is 0 Å². The lowest BCUT2D eigenvalue weighted by Gasteiger charge is -2.09. The molecule has 0 spiro atoms. The van der Waals surface area contributed by atoms with Crippen molar-refractivity contribution >= 4 is 55.1 Å². The summed E-state index contributed by atoms with van der Waals surface area (Å²) in [6.07, 6.45) is 0. The second kappa shape index (κ2) is 6.55. The molecule has 2 nitrogen and oxygen atoms in total. The summed E-state index contributed by atoms with van der Waals surface area (Å²) >= 11 is 12.6. The quantitative estimate of drug-likeness (QED) is 0.697. The third kappa shape index (κ3) is 3.59. The topological polar surface area (TPSA) is 29.1 Å². The predicted octanol–water partition coefficient (Wildman–Crippen LogP) is 5.25. The molecule has 0 aliphatic carbocycles. The van der Waals surface area contributed by atoms with Gasteiger partial charge in [-0.2, -0.15) is 0 Å². The summed E-state index contributed by atoms with van der Waals surface area (Å²) in [6, 6.07) is 12.7. The Hall–Kier alpha value is -0.840. The standard InChI is InChI=1S/C14H10Br2ClNO/c15-8-10-3-1-2-4-13(10)18-14(19)9-5-6-12(17)11(16)7-9/h1-7H,8H2,(H,18,19). The maximum Gasteiger partial charge on any atom is 0.255 e. The third-order valence-electron chi connectivity index (χ3n) is 2.59. The van der Waals surface area contributed by atoms with Gasteiger partial charge in [-0.1, -0.05) is 45.7 Å². The maximum absolute atomic E-state index is 12.2. The highest BCUT2D eigenvalue weighted by Gasteiger charge is 2.10. The Morgan fingerprint density at radius 2 is 1.95 bits per heavy atom. The molecule has 0 aliphatic rings. The van der Waals surface area contributed by atoms with E-state index >= 15 is 0 Å². The van der Waals surface area contributed by atoms with E-state index in [9.17, 15) is 4.79 Å². The van der Waals surface area contributed by atoms with Crippen molar-refractivity contribution in [2.75, 3.05) is 5.32 Å². The van der Waals surface area contributed by atoms with Crippen LogP contribution >= 0.6 is 43.5 Å². The van der Waals surface area contributed by atoms with E-state index in [1.165, 1.54) is 0 Å². The number of benzene rings is 2. The number of halogens is 3. The average Bonchev–Trinajstić information content (AvgIpc) is 2.42. The lowest BCUT2D eigenvalue weighted by atomic mass is 10.1. The minimum Gasteiger partial charge on any atom is -0.322 e. The van der Waals surface area contributed by atoms with Crippen LogP contribution < -0.4 is 5.32 Å². The van der Waals surface area contributed by atoms with Crippen molar-refractivity contribution < 1.29 is 4.79 Å². The van der Waals surface area contributed by atoms with Gasteiger partial charge in [0.25, 0.3) is 5.91 Å². The molecule has 0 bridgehead atoms. The van der Waals surface area contributed by atoms with E-state index in [0.717, 1.165) is 11.3 Å². The summed E-state index contributed by atoms with van der Waals surface area (Å²) < 4.78 is 0.704. The van der Waals surface area contributed by atoms with Gasteiger partial charge >= 0.3 is 0 Å². The summed E-state index contributed by atoms with van der Waals surface area (Å²) in [6.45, 7) is 0. The zero-order valence-corrected chi connectivity index (χ0v) is 13.7. The van der Waals surface area contributed by atoms with Crippen molar-refractivity contribution in [3.8, 4) is 0 Å². The largest absolute Gasteiger partial charge is 0.322 e. The number of alkyl halides is 1. The summed E-state index contributed by atoms with van der Waals surface area (Å²) in [7, 11) is 0. The fraction of sp³-hybridized carbons (Fsp3) is 0.0714. The minimum atomic E-state index is -0.161. The summed E-state index contributed by atoms with van der Waals surface area (Å²) in [4.78, 5) is 12.2. The van der Waals surface area contributed by atoms with Gasteiger partial charge < -0.3 is 5.32 Å². The van der Waals surface area contributed by atoms with Crippen molar-refractivity contribution in [2.24, 2.45) is 0 Å². The van der Waals surface area contributed by atoms with Gasteiger partial charge in [-0.15, -0.1) is 0 Å². The van der Waals surface area contributed by atoms with Crippen LogP contribution in [0.4, 0.5) is 5.69 Å². The Balaban J connectivity index is 2.23. The van der Waals surface area contributed by atoms with Crippen LogP contribution in [-0.2, 0) is 5.33 Å². The summed E-state index contributed by atoms with van der Waals surface area (Å²) in [5.74, 6) is -0.161. The van der Waals surface area contributed by atoms with Crippen molar-refractivity contribution in [2.45, 2.75) is 5.33 Å². The highest BCUT2D eigenvalue weighted by molar-refractivity contribution is 9.10. The molecule has 1 amide bonds. The van der Waals surface area contributed by atoms with Crippen LogP contribution in [0.15, 0.2) is 46.9 Å². The Morgan fingerprint density at radius 3 is 2.63 bits per heavy atom. The zero-order chi connectivity index (χ0) is 13.8. The van der Waals surface area contributed by atoms with E-state index in [2.05, 4.69) is 37.2 Å². The second-order valence-electron chi connectivity index (χ2n) is 3.87. The van der Waals surface area contributed by atoms with Crippen LogP contribution in [0.2, 0.25) is 5.02 Å². The first-order chi connectivity index (χ1) is 9.11. The molecule has 2 aromatic carbocycles. The number of nitrogens with one attached hydrogen (secondary N) is 1. The Morgan fingerprint density at radius 1 is 1.21 bits per heavy atom. The molecule has 0 heterocycles. The number of carbonyl (C=O) groups excluding carboxylic acids is 1. The van der Waals surface area contributed by atoms with Gasteiger partial charge in [-0.05, 0) is 45.8 Å². The number of rotatable bonds is 3. The lowest BCUT2D eigenvalue weighted by molar-refractivity contribution is 0.102. The molecular weight excluding hydrogens is 393 g/mol. The van der Waals surface area contributed by atoms with Crippen LogP contribution in [0.25, 0.3) is 0 Å². The number of hydrogen-bond acceptors (Lipinski definition) is 1. The highest BCUT2D eigenvalue weighted by Crippen LogP contribution is 2.24. The number of carbonyl (C=O) groups is 1. The lowest BCUT2D eigenvalue weighted by Crippen LogP contribution is -2.13. The zero-order valence-electron chi connectivity index (χ0n) is 9.79. The van der Waals surface area contributed by atoms with Crippen LogP contribution in [-0.4, -0.2) is 5.91 Å². The van der Waals surface area contributed by atoms with E-state index in [0.29, 0.717) is 20.4 Å². The molecule has 5 heteroatoms. The molecule has 98 valence electrons. The van der Waals surface area contributed by atoms with E-state index in [4.69, 9.17) is 11.6 Å². The van der Waals surface area contributed by atoms with E-state index in [1.54, 1.807) is 18.2 Å². The number of para-hydroxylation sites is 1. The molecular formula is C14H10Br2ClNO. The van der Waals surface area contributed by atoms with Crippen LogP contribution in [0, 0.1) is 0 Å². The third-order valence-corrected chi connectivity index (χ3v) is 4.41. The molecule has 1 N–H and O–H groups in total. The van der Waals surface area contributed by atoms with Gasteiger partial charge in [0.05, 0.1) is 5.02 Å². The van der Waals surface area contributed by atoms with Gasteiger partial charge in [-0.25, -0.2) is 0 Å². The number of anilines is 1. The molecule has 0 atom stereocenters. The number of amides is 1. The first kappa shape index (κ1) is 14.6. The molecule has 0 fully saturated rings. The second-order valence-corrected chi connectivity index (χ2v) is 5.70. The normalized spacial score (nSPS) is 10.3.